The van der Waals surface area contributed by atoms with E-state index in [1.807, 2.05) is 13.8 Å². The van der Waals surface area contributed by atoms with Gasteiger partial charge in [-0.15, -0.1) is 11.8 Å². The molecule has 37 nitrogen and oxygen atoms in total. The summed E-state index contributed by atoms with van der Waals surface area (Å²) in [5, 5.41) is 111. The number of ketones is 8. The van der Waals surface area contributed by atoms with Crippen molar-refractivity contribution in [3.63, 3.8) is 0 Å². The number of carboxylic acid groups (broad SMARTS) is 3. The molecule has 38 heteroatoms. The number of nitrogens with two attached hydrogens (primary N) is 1. The van der Waals surface area contributed by atoms with Crippen molar-refractivity contribution in [2.75, 3.05) is 50.9 Å². The maximum atomic E-state index is 14.9. The minimum Gasteiger partial charge on any atom is -0.508 e. The molecule has 0 spiro atoms. The van der Waals surface area contributed by atoms with E-state index in [-0.39, 0.29) is 90.7 Å². The third kappa shape index (κ3) is 41.5. The van der Waals surface area contributed by atoms with Gasteiger partial charge in [-0.3, -0.25) is 91.1 Å². The molecule has 1 saturated heterocycles. The molecule has 736 valence electrons. The molecule has 0 unspecified atom stereocenters. The summed E-state index contributed by atoms with van der Waals surface area (Å²) in [5.41, 5.74) is 6.30. The summed E-state index contributed by atoms with van der Waals surface area (Å²) in [4.78, 5) is 262. The Morgan fingerprint density at radius 3 is 1.46 bits per heavy atom. The van der Waals surface area contributed by atoms with Crippen molar-refractivity contribution in [1.29, 1.82) is 0 Å². The molecule has 4 rings (SSSR count). The number of nitrogens with one attached hydrogen (secondary N) is 7. The molecule has 133 heavy (non-hydrogen) atoms. The summed E-state index contributed by atoms with van der Waals surface area (Å²) in [6.45, 7) is 13.0. The van der Waals surface area contributed by atoms with Gasteiger partial charge in [0, 0.05) is 94.2 Å². The maximum Gasteiger partial charge on any atom is 0.304 e. The number of aliphatic hydroxyl groups excluding tert-OH is 4. The quantitative estimate of drug-likeness (QED) is 0.0358. The van der Waals surface area contributed by atoms with E-state index in [1.54, 1.807) is 69.9 Å². The third-order valence-corrected chi connectivity index (χ3v) is 24.7. The van der Waals surface area contributed by atoms with Crippen molar-refractivity contribution in [2.45, 2.75) is 258 Å². The van der Waals surface area contributed by atoms with Gasteiger partial charge in [-0.25, -0.2) is 0 Å². The number of likely N-dealkylation sites (tertiary alicyclic amines) is 1. The Balaban J connectivity index is 1.52. The molecule has 1 fully saturated rings. The van der Waals surface area contributed by atoms with Gasteiger partial charge in [0.15, 0.2) is 34.7 Å². The normalized spacial score (nSPS) is 16.1. The van der Waals surface area contributed by atoms with Crippen molar-refractivity contribution in [3.8, 4) is 11.5 Å². The van der Waals surface area contributed by atoms with Crippen LogP contribution in [-0.4, -0.2) is 262 Å². The summed E-state index contributed by atoms with van der Waals surface area (Å²) in [6.07, 6.45) is -7.85. The van der Waals surface area contributed by atoms with Crippen LogP contribution in [0.4, 0.5) is 0 Å². The van der Waals surface area contributed by atoms with E-state index in [0.717, 1.165) is 31.5 Å². The van der Waals surface area contributed by atoms with Gasteiger partial charge < -0.3 is 93.8 Å². The summed E-state index contributed by atoms with van der Waals surface area (Å²) in [6, 6.07) is 10.5. The van der Waals surface area contributed by atoms with E-state index >= 15 is 0 Å². The first-order chi connectivity index (χ1) is 62.7. The molecule has 1 heterocycles. The van der Waals surface area contributed by atoms with Crippen molar-refractivity contribution in [1.82, 2.24) is 42.1 Å². The second-order valence-corrected chi connectivity index (χ2v) is 37.0. The number of unbranched alkanes of at least 4 members (excludes halogenated alkanes) is 1. The van der Waals surface area contributed by atoms with Gasteiger partial charge in [0.05, 0.1) is 110 Å². The van der Waals surface area contributed by atoms with Crippen LogP contribution in [0.5, 0.6) is 11.5 Å². The lowest BCUT2D eigenvalue weighted by atomic mass is 9.83. The molecular formula is C95H137N9O28S. The average Bonchev–Trinajstić information content (AvgIpc) is 0.786. The van der Waals surface area contributed by atoms with Crippen LogP contribution in [0.3, 0.4) is 0 Å². The first-order valence-corrected chi connectivity index (χ1v) is 46.5. The lowest BCUT2D eigenvalue weighted by molar-refractivity contribution is -0.144. The number of thioether (sulfide) groups is 1. The minimum atomic E-state index is -1.99. The van der Waals surface area contributed by atoms with Crippen LogP contribution in [0.1, 0.15) is 207 Å². The molecule has 0 saturated carbocycles. The molecule has 16 atom stereocenters. The Kier molecular flexibility index (Phi) is 50.0. The van der Waals surface area contributed by atoms with Crippen molar-refractivity contribution in [3.05, 3.63) is 95.6 Å². The van der Waals surface area contributed by atoms with E-state index in [2.05, 4.69) is 37.2 Å². The van der Waals surface area contributed by atoms with Crippen LogP contribution in [0.15, 0.2) is 78.9 Å². The molecule has 1 aliphatic rings. The van der Waals surface area contributed by atoms with Crippen LogP contribution in [0.25, 0.3) is 0 Å². The summed E-state index contributed by atoms with van der Waals surface area (Å²) >= 11 is 1.01. The first kappa shape index (κ1) is 114. The van der Waals surface area contributed by atoms with Crippen molar-refractivity contribution >= 4 is 123 Å². The Hall–Kier alpha value is -11.1. The Labute approximate surface area is 779 Å². The van der Waals surface area contributed by atoms with Gasteiger partial charge in [-0.2, -0.15) is 0 Å². The summed E-state index contributed by atoms with van der Waals surface area (Å²) in [5.74, 6) is -29.7. The number of Topliss-reactive ketones (excluding diaryl/α,β-unsaturated/α-hetero) is 8. The highest BCUT2D eigenvalue weighted by Gasteiger charge is 2.42. The van der Waals surface area contributed by atoms with Gasteiger partial charge in [0.1, 0.15) is 29.1 Å². The highest BCUT2D eigenvalue weighted by Crippen LogP contribution is 2.31. The zero-order valence-electron chi connectivity index (χ0n) is 77.5. The third-order valence-electron chi connectivity index (χ3n) is 23.7. The highest BCUT2D eigenvalue weighted by molar-refractivity contribution is 8.00. The predicted octanol–water partition coefficient (Wildman–Crippen LogP) is 3.71. The molecule has 0 radical (unpaired) electrons. The molecule has 0 aliphatic carbocycles. The van der Waals surface area contributed by atoms with E-state index in [4.69, 9.17) is 5.73 Å². The van der Waals surface area contributed by atoms with E-state index in [0.29, 0.717) is 56.4 Å². The lowest BCUT2D eigenvalue weighted by Gasteiger charge is -2.37. The number of phenols is 2. The van der Waals surface area contributed by atoms with Gasteiger partial charge in [0.25, 0.3) is 0 Å². The zero-order chi connectivity index (χ0) is 99.5. The number of carbonyl (C=O) groups excluding carboxylic acids is 16. The molecule has 0 bridgehead atoms. The zero-order valence-corrected chi connectivity index (χ0v) is 78.3. The SMILES string of the molecule is CC[C@H](C)[C@H](NC(=O)[C@H](CO)CC(=O)[C@H](Cc1ccc(O)cc1)NC(=O)[C@H](CC(=O)O)CC(=O)[C@H](CO)NC(=O)[C@@H](CC(=O)[C@H](Cc1ccccc1)NC(=O)[C@@H](CC(=O)CNC(=O)[C@H](CCC(=O)O)CC(=O)CSCC(=O)CCCN1CCCC(C)(C)C1=O)[C@@H](C)O)[C@@H](C)O)C(=O)C[C@@H](Cc1ccc(O)cc1)C(=O)N[C@@H](CC(C)C)C(=O)C[C@@H](CC(=O)O)C(=O)N[C@H](C)CCCCN. The van der Waals surface area contributed by atoms with Crippen LogP contribution in [0, 0.1) is 58.7 Å². The monoisotopic (exact) mass is 1880 g/mol. The maximum absolute atomic E-state index is 14.9. The number of benzene rings is 3. The fraction of sp³-hybridized carbons (Fsp3) is 0.611. The van der Waals surface area contributed by atoms with Crippen molar-refractivity contribution in [2.24, 2.45) is 64.4 Å². The first-order valence-electron chi connectivity index (χ1n) is 45.4. The number of hydrogen-bond acceptors (Lipinski definition) is 27. The van der Waals surface area contributed by atoms with E-state index in [9.17, 15) is 137 Å². The number of carbonyl (C=O) groups is 19. The van der Waals surface area contributed by atoms with Gasteiger partial charge in [-0.1, -0.05) is 109 Å². The molecule has 8 amide bonds. The number of aliphatic hydroxyl groups is 4. The summed E-state index contributed by atoms with van der Waals surface area (Å²) in [7, 11) is 0. The predicted molar refractivity (Wildman–Crippen MR) is 488 cm³/mol. The van der Waals surface area contributed by atoms with Crippen LogP contribution >= 0.6 is 11.8 Å². The highest BCUT2D eigenvalue weighted by atomic mass is 32.2. The smallest absolute Gasteiger partial charge is 0.304 e. The number of hydrogen-bond donors (Lipinski definition) is 17. The largest absolute Gasteiger partial charge is 0.508 e. The molecule has 3 aromatic rings. The second kappa shape index (κ2) is 58.2. The van der Waals surface area contributed by atoms with Crippen LogP contribution in [0.2, 0.25) is 0 Å². The van der Waals surface area contributed by atoms with Crippen LogP contribution in [-0.2, 0) is 110 Å². The number of amides is 8. The Bertz CT molecular complexity index is 4430. The van der Waals surface area contributed by atoms with E-state index in [1.165, 1.54) is 55.5 Å². The fourth-order valence-corrected chi connectivity index (χ4v) is 16.4. The Morgan fingerprint density at radius 2 is 0.932 bits per heavy atom. The van der Waals surface area contributed by atoms with Gasteiger partial charge in [0.2, 0.25) is 47.3 Å². The number of aromatic hydroxyl groups is 2. The number of carboxylic acids is 3. The van der Waals surface area contributed by atoms with Crippen molar-refractivity contribution < 1.29 is 137 Å². The molecule has 18 N–H and O–H groups in total. The fourth-order valence-electron chi connectivity index (χ4n) is 15.6. The minimum absolute atomic E-state index is 0.0243. The van der Waals surface area contributed by atoms with Crippen LogP contribution < -0.4 is 43.0 Å². The lowest BCUT2D eigenvalue weighted by Crippen LogP contribution is -2.52. The molecule has 1 aliphatic heterocycles. The molecular weight excluding hydrogens is 1750 g/mol. The topological polar surface area (TPSA) is 620 Å². The van der Waals surface area contributed by atoms with Gasteiger partial charge in [-0.05, 0) is 144 Å². The number of piperidine rings is 1. The second-order valence-electron chi connectivity index (χ2n) is 36.0. The molecule has 0 aromatic heterocycles. The van der Waals surface area contributed by atoms with E-state index < -0.39 is 285 Å². The molecule has 3 aromatic carbocycles. The standard InChI is InChI=1S/C95H137N9O28S/c1-10-55(4)86(82(118)43-63(37-60-22-27-67(109)28-23-60)89(127)99-74(36-54(2)3)78(114)41-64(45-84(121)122)88(126)98-56(5)18-14-15-33-96)103-91(129)66(50-105)44-79(115)75(39-61-24-29-68(110)30-25-61)100-90(128)65(46-85(123)124)42-80(116)77(51-106)102-93(131)73(58(7)108)48-81(117)76(38-59-19-12-11-13-20-59)101-92(130)72(57(6)107)47-70(112)49-97-87(125)62(26-31-83(119)120)40-71(113)53-133-52-69(111)21-16-34-104-35-17-32-95(8,9)94(104)132/h11-13,19-20,22-25,27-30,54-58,62-66,72-77,86,105-110H,10,14-18,21,26,31-53,96H2,1-9H3,(H,97,125)(H,98,126)(H,99,127)(H,100,128)(H,101,130)(H,102,131)(H,103,129)(H,119,120)(H,121,122)(H,123,124)/t55-,56+,57+,58+,62+,63+,64-,65-,66-,72-,73-,74-,75-,76-,77-,86-/m0/s1. The number of nitrogens with zero attached hydrogens (tertiary/aromatic N) is 1. The van der Waals surface area contributed by atoms with Gasteiger partial charge >= 0.3 is 17.9 Å². The number of rotatable bonds is 67. The Morgan fingerprint density at radius 1 is 0.459 bits per heavy atom. The summed E-state index contributed by atoms with van der Waals surface area (Å²) < 4.78 is 0. The number of aliphatic carboxylic acids is 3. The number of phenolic OH excluding ortho intramolecular Hbond substituents is 2. The average molecular weight is 1890 g/mol.